The van der Waals surface area contributed by atoms with Crippen molar-refractivity contribution in [2.24, 2.45) is 17.6 Å². The molecule has 17 nitrogen and oxygen atoms in total. The first kappa shape index (κ1) is 47.9. The van der Waals surface area contributed by atoms with Crippen LogP contribution in [0.2, 0.25) is 0 Å². The standard InChI is InChI=1S/C44H63N9O8/c1-5-27(4)38(53-40(56)33(18-11-12-20-45)49-36(54)25-48-39(55)32-19-13-21-46-32)43(59)51-35(23-29-24-47-31-17-10-9-16-30(29)31)41(57)50-34(22-28-14-7-6-8-15-28)42(58)52-37(26(2)3)44(60)61/h6-10,14-17,24,26-27,32-35,37-38,46-47H,5,11-13,18-23,25,45H2,1-4H3,(H,48,55)(H,49,54)(H,50,57)(H,51,59)(H,52,58)(H,53,56)(H,60,61)/t27-,32-,33-,34-,35-,37-,38-/m0/s1. The summed E-state index contributed by atoms with van der Waals surface area (Å²) in [5.41, 5.74) is 7.93. The van der Waals surface area contributed by atoms with Crippen molar-refractivity contribution in [3.63, 3.8) is 0 Å². The van der Waals surface area contributed by atoms with E-state index in [1.165, 1.54) is 0 Å². The van der Waals surface area contributed by atoms with E-state index in [0.717, 1.165) is 17.3 Å². The number of aromatic nitrogens is 1. The fourth-order valence-corrected chi connectivity index (χ4v) is 7.25. The summed E-state index contributed by atoms with van der Waals surface area (Å²) >= 11 is 0. The number of carboxylic acids is 1. The summed E-state index contributed by atoms with van der Waals surface area (Å²) in [6.45, 7) is 7.70. The van der Waals surface area contributed by atoms with Crippen LogP contribution in [0.25, 0.3) is 10.9 Å². The number of H-pyrrole nitrogens is 1. The van der Waals surface area contributed by atoms with Gasteiger partial charge in [0.05, 0.1) is 12.6 Å². The second-order valence-corrected chi connectivity index (χ2v) is 16.1. The van der Waals surface area contributed by atoms with Gasteiger partial charge in [-0.3, -0.25) is 28.8 Å². The lowest BCUT2D eigenvalue weighted by Crippen LogP contribution is -2.61. The van der Waals surface area contributed by atoms with Gasteiger partial charge in [0.1, 0.15) is 30.2 Å². The minimum Gasteiger partial charge on any atom is -0.480 e. The van der Waals surface area contributed by atoms with Crippen LogP contribution in [0.3, 0.4) is 0 Å². The first-order valence-electron chi connectivity index (χ1n) is 21.3. The maximum Gasteiger partial charge on any atom is 0.326 e. The maximum absolute atomic E-state index is 14.4. The molecule has 1 aliphatic rings. The van der Waals surface area contributed by atoms with Gasteiger partial charge >= 0.3 is 5.97 Å². The molecule has 0 bridgehead atoms. The molecule has 3 aromatic rings. The molecule has 6 amide bonds. The highest BCUT2D eigenvalue weighted by Crippen LogP contribution is 2.20. The fourth-order valence-electron chi connectivity index (χ4n) is 7.25. The van der Waals surface area contributed by atoms with Crippen molar-refractivity contribution in [3.05, 3.63) is 71.9 Å². The molecule has 61 heavy (non-hydrogen) atoms. The zero-order chi connectivity index (χ0) is 44.5. The lowest BCUT2D eigenvalue weighted by molar-refractivity contribution is -0.143. The SMILES string of the molecule is CC[C@H](C)[C@H](NC(=O)[C@H](CCCCN)NC(=O)CNC(=O)[C@@H]1CCCN1)C(=O)N[C@@H](Cc1c[nH]c2ccccc12)C(=O)N[C@@H](Cc1ccccc1)C(=O)N[C@H](C(=O)O)C(C)C. The Morgan fingerprint density at radius 2 is 1.41 bits per heavy atom. The number of hydrogen-bond acceptors (Lipinski definition) is 9. The molecule has 1 aliphatic heterocycles. The molecule has 4 rings (SSSR count). The van der Waals surface area contributed by atoms with E-state index in [-0.39, 0.29) is 37.8 Å². The van der Waals surface area contributed by atoms with Gasteiger partial charge in [0.15, 0.2) is 0 Å². The zero-order valence-corrected chi connectivity index (χ0v) is 35.6. The highest BCUT2D eigenvalue weighted by Gasteiger charge is 2.35. The molecule has 0 unspecified atom stereocenters. The predicted octanol–water partition coefficient (Wildman–Crippen LogP) is 1.16. The molecule has 0 saturated carbocycles. The molecule has 2 aromatic carbocycles. The van der Waals surface area contributed by atoms with Gasteiger partial charge in [-0.15, -0.1) is 0 Å². The van der Waals surface area contributed by atoms with Crippen LogP contribution in [-0.2, 0) is 46.4 Å². The molecule has 1 aromatic heterocycles. The Bertz CT molecular complexity index is 1950. The molecule has 332 valence electrons. The van der Waals surface area contributed by atoms with Gasteiger partial charge in [-0.2, -0.15) is 0 Å². The van der Waals surface area contributed by atoms with E-state index < -0.39 is 77.6 Å². The largest absolute Gasteiger partial charge is 0.480 e. The molecule has 1 saturated heterocycles. The number of nitrogens with two attached hydrogens (primary N) is 1. The van der Waals surface area contributed by atoms with Crippen LogP contribution in [0.5, 0.6) is 0 Å². The van der Waals surface area contributed by atoms with Gasteiger partial charge in [-0.05, 0) is 74.2 Å². The van der Waals surface area contributed by atoms with Crippen molar-refractivity contribution in [1.29, 1.82) is 0 Å². The van der Waals surface area contributed by atoms with Crippen LogP contribution in [0.1, 0.15) is 77.3 Å². The number of benzene rings is 2. The summed E-state index contributed by atoms with van der Waals surface area (Å²) in [4.78, 5) is 97.3. The maximum atomic E-state index is 14.4. The van der Waals surface area contributed by atoms with Crippen LogP contribution in [0.15, 0.2) is 60.8 Å². The Balaban J connectivity index is 1.59. The molecule has 17 heteroatoms. The van der Waals surface area contributed by atoms with Gasteiger partial charge in [-0.25, -0.2) is 4.79 Å². The van der Waals surface area contributed by atoms with E-state index in [2.05, 4.69) is 42.2 Å². The number of hydrogen-bond donors (Lipinski definition) is 10. The van der Waals surface area contributed by atoms with Crippen molar-refractivity contribution in [2.75, 3.05) is 19.6 Å². The van der Waals surface area contributed by atoms with Crippen LogP contribution in [0, 0.1) is 11.8 Å². The summed E-state index contributed by atoms with van der Waals surface area (Å²) in [5, 5.41) is 30.1. The number of carboxylic acid groups (broad SMARTS) is 1. The van der Waals surface area contributed by atoms with Crippen LogP contribution >= 0.6 is 0 Å². The minimum absolute atomic E-state index is 0.00789. The Labute approximate surface area is 356 Å². The molecule has 0 radical (unpaired) electrons. The number of fused-ring (bicyclic) bond motifs is 1. The van der Waals surface area contributed by atoms with Crippen molar-refractivity contribution in [2.45, 2.75) is 115 Å². The zero-order valence-electron chi connectivity index (χ0n) is 35.6. The van der Waals surface area contributed by atoms with E-state index in [0.29, 0.717) is 49.9 Å². The number of rotatable bonds is 24. The van der Waals surface area contributed by atoms with Crippen molar-refractivity contribution in [3.8, 4) is 0 Å². The highest BCUT2D eigenvalue weighted by molar-refractivity contribution is 5.97. The number of aliphatic carboxylic acids is 1. The summed E-state index contributed by atoms with van der Waals surface area (Å²) in [6, 6.07) is 10.1. The third-order valence-corrected chi connectivity index (χ3v) is 11.1. The predicted molar refractivity (Wildman–Crippen MR) is 231 cm³/mol. The van der Waals surface area contributed by atoms with Crippen molar-refractivity contribution < 1.29 is 38.7 Å². The number of amides is 6. The van der Waals surface area contributed by atoms with Crippen LogP contribution in [-0.4, -0.2) is 107 Å². The number of carbonyl (C=O) groups is 7. The number of carbonyl (C=O) groups excluding carboxylic acids is 6. The van der Waals surface area contributed by atoms with Gasteiger partial charge < -0.3 is 53.0 Å². The first-order valence-corrected chi connectivity index (χ1v) is 21.3. The van der Waals surface area contributed by atoms with Gasteiger partial charge in [0.25, 0.3) is 0 Å². The van der Waals surface area contributed by atoms with E-state index in [9.17, 15) is 38.7 Å². The summed E-state index contributed by atoms with van der Waals surface area (Å²) in [6.07, 6.45) is 5.04. The number of aromatic amines is 1. The van der Waals surface area contributed by atoms with E-state index >= 15 is 0 Å². The fraction of sp³-hybridized carbons (Fsp3) is 0.523. The summed E-state index contributed by atoms with van der Waals surface area (Å²) < 4.78 is 0. The van der Waals surface area contributed by atoms with Crippen LogP contribution < -0.4 is 43.0 Å². The number of nitrogens with one attached hydrogen (secondary N) is 8. The lowest BCUT2D eigenvalue weighted by Gasteiger charge is -2.29. The van der Waals surface area contributed by atoms with Crippen molar-refractivity contribution >= 4 is 52.3 Å². The molecule has 11 N–H and O–H groups in total. The Morgan fingerprint density at radius 1 is 0.770 bits per heavy atom. The molecular weight excluding hydrogens is 783 g/mol. The van der Waals surface area contributed by atoms with Crippen LogP contribution in [0.4, 0.5) is 0 Å². The summed E-state index contributed by atoms with van der Waals surface area (Å²) in [5.74, 6) is -5.68. The normalized spacial score (nSPS) is 16.7. The Kier molecular flexibility index (Phi) is 18.7. The molecule has 0 spiro atoms. The Hall–Kier alpha value is -5.81. The number of para-hydroxylation sites is 1. The molecule has 2 heterocycles. The second kappa shape index (κ2) is 23.8. The minimum atomic E-state index is -1.26. The Morgan fingerprint density at radius 3 is 2.07 bits per heavy atom. The average molecular weight is 846 g/mol. The van der Waals surface area contributed by atoms with Gasteiger partial charge in [0, 0.05) is 29.9 Å². The van der Waals surface area contributed by atoms with E-state index in [1.807, 2.05) is 31.2 Å². The summed E-state index contributed by atoms with van der Waals surface area (Å²) in [7, 11) is 0. The first-order chi connectivity index (χ1) is 29.2. The monoisotopic (exact) mass is 845 g/mol. The third kappa shape index (κ3) is 14.4. The van der Waals surface area contributed by atoms with E-state index in [4.69, 9.17) is 5.73 Å². The number of unbranched alkanes of at least 4 members (excludes halogenated alkanes) is 1. The molecule has 0 aliphatic carbocycles. The smallest absolute Gasteiger partial charge is 0.326 e. The van der Waals surface area contributed by atoms with Gasteiger partial charge in [-0.1, -0.05) is 82.6 Å². The topological polar surface area (TPSA) is 266 Å². The third-order valence-electron chi connectivity index (χ3n) is 11.1. The molecular formula is C44H63N9O8. The average Bonchev–Trinajstić information content (AvgIpc) is 3.94. The van der Waals surface area contributed by atoms with E-state index in [1.54, 1.807) is 57.3 Å². The molecule has 1 fully saturated rings. The second-order valence-electron chi connectivity index (χ2n) is 16.1. The van der Waals surface area contributed by atoms with Crippen molar-refractivity contribution in [1.82, 2.24) is 42.2 Å². The molecule has 7 atom stereocenters. The highest BCUT2D eigenvalue weighted by atomic mass is 16.4. The van der Waals surface area contributed by atoms with Gasteiger partial charge in [0.2, 0.25) is 35.4 Å². The lowest BCUT2D eigenvalue weighted by atomic mass is 9.96. The quantitative estimate of drug-likeness (QED) is 0.0576.